The van der Waals surface area contributed by atoms with Gasteiger partial charge in [-0.15, -0.1) is 0 Å². The fourth-order valence-corrected chi connectivity index (χ4v) is 8.17. The molecule has 2 atom stereocenters. The summed E-state index contributed by atoms with van der Waals surface area (Å²) in [6.45, 7) is 9.32. The molecule has 1 saturated carbocycles. The molecule has 6 N–H and O–H groups in total. The van der Waals surface area contributed by atoms with Crippen LogP contribution in [0.4, 0.5) is 19.0 Å². The van der Waals surface area contributed by atoms with E-state index in [-0.39, 0.29) is 47.4 Å². The van der Waals surface area contributed by atoms with Crippen molar-refractivity contribution in [1.29, 1.82) is 0 Å². The molecule has 1 aliphatic carbocycles. The Hall–Kier alpha value is -5.88. The number of alkyl halides is 3. The zero-order chi connectivity index (χ0) is 53.6. The zero-order valence-corrected chi connectivity index (χ0v) is 42.9. The van der Waals surface area contributed by atoms with Crippen LogP contribution in [0.2, 0.25) is 0 Å². The quantitative estimate of drug-likeness (QED) is 0.0600. The first kappa shape index (κ1) is 61.4. The van der Waals surface area contributed by atoms with Crippen LogP contribution in [0.15, 0.2) is 49.1 Å². The molecular formula is C50H76F3N11O9. The van der Waals surface area contributed by atoms with Gasteiger partial charge in [0.15, 0.2) is 0 Å². The van der Waals surface area contributed by atoms with Crippen molar-refractivity contribution in [3.8, 4) is 0 Å². The van der Waals surface area contributed by atoms with Gasteiger partial charge in [-0.2, -0.15) is 13.2 Å². The number of likely N-dealkylation sites (N-methyl/N-ethyl adjacent to an activating group) is 1. The summed E-state index contributed by atoms with van der Waals surface area (Å²) >= 11 is 0. The number of fused-ring (bicyclic) bond motifs is 1. The monoisotopic (exact) mass is 1030 g/mol. The Morgan fingerprint density at radius 2 is 1.62 bits per heavy atom. The Morgan fingerprint density at radius 3 is 2.23 bits per heavy atom. The highest BCUT2D eigenvalue weighted by atomic mass is 19.4. The van der Waals surface area contributed by atoms with Gasteiger partial charge >= 0.3 is 6.18 Å². The lowest BCUT2D eigenvalue weighted by Gasteiger charge is -2.39. The predicted octanol–water partition coefficient (Wildman–Crippen LogP) is 3.65. The Morgan fingerprint density at radius 1 is 0.918 bits per heavy atom. The van der Waals surface area contributed by atoms with Crippen LogP contribution < -0.4 is 27.0 Å². The number of aromatic nitrogens is 3. The molecule has 2 aromatic heterocycles. The van der Waals surface area contributed by atoms with E-state index in [1.165, 1.54) is 12.4 Å². The molecule has 3 aliphatic rings. The predicted molar refractivity (Wildman–Crippen MR) is 269 cm³/mol. The van der Waals surface area contributed by atoms with Crippen molar-refractivity contribution in [3.63, 3.8) is 0 Å². The molecule has 3 aromatic rings. The summed E-state index contributed by atoms with van der Waals surface area (Å²) in [7, 11) is 5.86. The standard InChI is InChI=1S/C23H30F3N5O.C11H23N3O4.C10H12N2O.C6H11NO3/c1-14(2)30(3)16-5-7-17(8-6-16)31-11-10-20(22(31)32)29-21-18-12-15(23(24,25)26)4-9-19(18)27-13-28-21;1-13-4-8-18-7-3-11(16)14-5-9-17-6-2-10(12)15;1-12-9(4-5-10(12)13)8-3-2-6-11-7-8;8-3-1-4-10-5-2-7-6-9/h4,9,12-14,16-17,20H,5-8,10-11H2,1-3H3,(H,27,28,29);13H,2-9H2,1H3,(H2,12,15)(H,14,16);2-3,6-7,9H,4-5H2,1H3;3,6H,1-2,4-5H2,(H,7,9). The molecule has 0 radical (unpaired) electrons. The lowest BCUT2D eigenvalue weighted by atomic mass is 9.89. The molecule has 5 amide bonds. The highest BCUT2D eigenvalue weighted by Gasteiger charge is 2.39. The van der Waals surface area contributed by atoms with Gasteiger partial charge in [-0.25, -0.2) is 9.97 Å². The van der Waals surface area contributed by atoms with E-state index in [1.807, 2.05) is 37.3 Å². The summed E-state index contributed by atoms with van der Waals surface area (Å²) in [4.78, 5) is 83.9. The number of nitrogens with zero attached hydrogens (tertiary/aromatic N) is 6. The minimum absolute atomic E-state index is 0.00408. The van der Waals surface area contributed by atoms with Gasteiger partial charge in [0.2, 0.25) is 30.0 Å². The summed E-state index contributed by atoms with van der Waals surface area (Å²) in [5.41, 5.74) is 5.72. The molecule has 73 heavy (non-hydrogen) atoms. The van der Waals surface area contributed by atoms with Crippen LogP contribution in [0.25, 0.3) is 10.9 Å². The smallest absolute Gasteiger partial charge is 0.380 e. The Balaban J connectivity index is 0.000000289. The molecular weight excluding hydrogens is 956 g/mol. The van der Waals surface area contributed by atoms with E-state index in [2.05, 4.69) is 62.0 Å². The van der Waals surface area contributed by atoms with E-state index >= 15 is 0 Å². The molecule has 2 unspecified atom stereocenters. The van der Waals surface area contributed by atoms with Crippen LogP contribution in [0, 0.1) is 0 Å². The number of halogens is 3. The molecule has 4 heterocycles. The molecule has 0 spiro atoms. The summed E-state index contributed by atoms with van der Waals surface area (Å²) in [6.07, 6.45) is 9.08. The highest BCUT2D eigenvalue weighted by molar-refractivity contribution is 5.93. The maximum absolute atomic E-state index is 13.2. The third-order valence-electron chi connectivity index (χ3n) is 12.5. The molecule has 20 nitrogen and oxygen atoms in total. The van der Waals surface area contributed by atoms with Crippen molar-refractivity contribution in [2.75, 3.05) is 92.3 Å². The van der Waals surface area contributed by atoms with Gasteiger partial charge in [-0.05, 0) is 96.3 Å². The number of pyridine rings is 1. The first-order valence-corrected chi connectivity index (χ1v) is 24.8. The number of rotatable bonds is 25. The van der Waals surface area contributed by atoms with Crippen LogP contribution >= 0.6 is 0 Å². The summed E-state index contributed by atoms with van der Waals surface area (Å²) in [5, 5.41) is 11.4. The topological polar surface area (TPSA) is 253 Å². The number of hydrogen-bond donors (Lipinski definition) is 5. The van der Waals surface area contributed by atoms with Crippen molar-refractivity contribution in [3.05, 3.63) is 60.2 Å². The number of carbonyl (C=O) groups is 6. The third-order valence-corrected chi connectivity index (χ3v) is 12.5. The van der Waals surface area contributed by atoms with Crippen LogP contribution in [0.1, 0.15) is 95.2 Å². The number of anilines is 1. The van der Waals surface area contributed by atoms with Gasteiger partial charge in [0, 0.05) is 94.8 Å². The summed E-state index contributed by atoms with van der Waals surface area (Å²) in [6, 6.07) is 8.34. The second kappa shape index (κ2) is 33.8. The molecule has 2 aliphatic heterocycles. The maximum Gasteiger partial charge on any atom is 0.416 e. The number of ether oxygens (including phenoxy) is 3. The van der Waals surface area contributed by atoms with E-state index in [9.17, 15) is 41.9 Å². The van der Waals surface area contributed by atoms with Crippen molar-refractivity contribution >= 4 is 53.0 Å². The van der Waals surface area contributed by atoms with Crippen LogP contribution in [0.3, 0.4) is 0 Å². The van der Waals surface area contributed by atoms with Crippen LogP contribution in [0.5, 0.6) is 0 Å². The van der Waals surface area contributed by atoms with Crippen molar-refractivity contribution in [2.24, 2.45) is 5.73 Å². The van der Waals surface area contributed by atoms with Crippen molar-refractivity contribution < 1.29 is 56.1 Å². The largest absolute Gasteiger partial charge is 0.416 e. The van der Waals surface area contributed by atoms with Gasteiger partial charge in [-0.3, -0.25) is 29.0 Å². The van der Waals surface area contributed by atoms with E-state index in [0.717, 1.165) is 62.6 Å². The van der Waals surface area contributed by atoms with Crippen LogP contribution in [-0.2, 0) is 49.2 Å². The van der Waals surface area contributed by atoms with Crippen molar-refractivity contribution in [1.82, 2.24) is 45.6 Å². The number of benzene rings is 1. The number of aldehydes is 1. The number of hydrogen-bond acceptors (Lipinski definition) is 15. The number of carbonyl (C=O) groups excluding carboxylic acids is 6. The van der Waals surface area contributed by atoms with Gasteiger partial charge < -0.3 is 60.7 Å². The van der Waals surface area contributed by atoms with E-state index < -0.39 is 23.7 Å². The Bertz CT molecular complexity index is 2110. The SMILES string of the molecule is CC(C)N(C)C1CCC(N2CCC(Nc3ncnc4ccc(C(F)(F)F)cc34)C2=O)CC1.CN1C(=O)CCC1c1cccnc1.CNCCOCCC(=O)NCCOCCC(N)=O.O=CCCOCCNC=O. The molecule has 3 fully saturated rings. The molecule has 2 saturated heterocycles. The molecule has 1 aromatic carbocycles. The minimum atomic E-state index is -4.45. The average Bonchev–Trinajstić information content (AvgIpc) is 3.92. The Labute approximate surface area is 426 Å². The molecule has 0 bridgehead atoms. The summed E-state index contributed by atoms with van der Waals surface area (Å²) < 4.78 is 54.7. The number of primary amides is 1. The molecule has 6 rings (SSSR count). The van der Waals surface area contributed by atoms with Crippen LogP contribution in [-0.4, -0.2) is 177 Å². The number of likely N-dealkylation sites (tertiary alicyclic amines) is 2. The zero-order valence-electron chi connectivity index (χ0n) is 42.9. The highest BCUT2D eigenvalue weighted by Crippen LogP contribution is 2.34. The van der Waals surface area contributed by atoms with E-state index in [0.29, 0.717) is 109 Å². The van der Waals surface area contributed by atoms with Gasteiger partial charge in [-0.1, -0.05) is 6.07 Å². The molecule has 23 heteroatoms. The third kappa shape index (κ3) is 22.4. The lowest BCUT2D eigenvalue weighted by molar-refractivity contribution is -0.137. The first-order valence-electron chi connectivity index (χ1n) is 24.8. The van der Waals surface area contributed by atoms with Crippen molar-refractivity contribution in [2.45, 2.75) is 114 Å². The van der Waals surface area contributed by atoms with Gasteiger partial charge in [0.1, 0.15) is 24.5 Å². The second-order valence-electron chi connectivity index (χ2n) is 17.8. The Kier molecular flexibility index (Phi) is 28.4. The van der Waals surface area contributed by atoms with Gasteiger partial charge in [0.25, 0.3) is 0 Å². The lowest BCUT2D eigenvalue weighted by Crippen LogP contribution is -2.46. The van der Waals surface area contributed by atoms with E-state index in [1.54, 1.807) is 11.1 Å². The van der Waals surface area contributed by atoms with Gasteiger partial charge in [0.05, 0.1) is 56.8 Å². The molecule has 406 valence electrons. The first-order chi connectivity index (χ1) is 35.0. The maximum atomic E-state index is 13.2. The number of amides is 5. The fraction of sp³-hybridized carbons (Fsp3) is 0.620. The fourth-order valence-electron chi connectivity index (χ4n) is 8.17. The van der Waals surface area contributed by atoms with E-state index in [4.69, 9.17) is 19.9 Å². The number of nitrogens with two attached hydrogens (primary N) is 1. The minimum Gasteiger partial charge on any atom is -0.380 e. The normalized spacial score (nSPS) is 18.5. The summed E-state index contributed by atoms with van der Waals surface area (Å²) in [5.74, 6) is 0.0394. The number of nitrogens with one attached hydrogen (secondary N) is 4. The second-order valence-corrected chi connectivity index (χ2v) is 17.8. The average molecular weight is 1030 g/mol.